The molecular weight excluding hydrogens is 228 g/mol. The van der Waals surface area contributed by atoms with Gasteiger partial charge in [-0.2, -0.15) is 4.98 Å². The van der Waals surface area contributed by atoms with Crippen LogP contribution in [0.4, 0.5) is 5.95 Å². The van der Waals surface area contributed by atoms with Gasteiger partial charge in [0.25, 0.3) is 0 Å². The largest absolute Gasteiger partial charge is 0.478 e. The minimum Gasteiger partial charge on any atom is -0.478 e. The van der Waals surface area contributed by atoms with Gasteiger partial charge in [-0.05, 0) is 26.3 Å². The quantitative estimate of drug-likeness (QED) is 0.803. The van der Waals surface area contributed by atoms with Crippen LogP contribution in [0.2, 0.25) is 0 Å². The molecule has 0 aromatic carbocycles. The smallest absolute Gasteiger partial charge is 0.228 e. The number of aromatic nitrogens is 2. The van der Waals surface area contributed by atoms with Crippen molar-refractivity contribution in [1.29, 1.82) is 0 Å². The normalized spacial score (nSPS) is 24.1. The maximum Gasteiger partial charge on any atom is 0.228 e. The number of hydrogen-bond acceptors (Lipinski definition) is 5. The van der Waals surface area contributed by atoms with Crippen molar-refractivity contribution < 1.29 is 4.74 Å². The van der Waals surface area contributed by atoms with Gasteiger partial charge < -0.3 is 9.64 Å². The summed E-state index contributed by atoms with van der Waals surface area (Å²) in [6, 6.07) is 2.51. The number of hydrogen-bond donors (Lipinski definition) is 0. The lowest BCUT2D eigenvalue weighted by Gasteiger charge is -2.37. The second kappa shape index (κ2) is 5.10. The molecular formula is C13H20N4O. The lowest BCUT2D eigenvalue weighted by molar-refractivity contribution is 0.229. The monoisotopic (exact) mass is 248 g/mol. The molecule has 2 saturated heterocycles. The lowest BCUT2D eigenvalue weighted by atomic mass is 10.2. The number of fused-ring (bicyclic) bond motifs is 1. The molecule has 0 amide bonds. The molecule has 1 aromatic heterocycles. The molecule has 0 saturated carbocycles. The van der Waals surface area contributed by atoms with Crippen LogP contribution in [-0.4, -0.2) is 53.7 Å². The van der Waals surface area contributed by atoms with Gasteiger partial charge in [-0.25, -0.2) is 4.98 Å². The van der Waals surface area contributed by atoms with E-state index < -0.39 is 0 Å². The van der Waals surface area contributed by atoms with Crippen LogP contribution >= 0.6 is 0 Å². The molecule has 0 N–H and O–H groups in total. The van der Waals surface area contributed by atoms with Crippen molar-refractivity contribution in [1.82, 2.24) is 14.9 Å². The molecule has 0 radical (unpaired) electrons. The second-order valence-electron chi connectivity index (χ2n) is 4.91. The van der Waals surface area contributed by atoms with Crippen LogP contribution in [0, 0.1) is 0 Å². The Labute approximate surface area is 108 Å². The zero-order valence-corrected chi connectivity index (χ0v) is 10.9. The van der Waals surface area contributed by atoms with Crippen molar-refractivity contribution in [3.8, 4) is 5.88 Å². The summed E-state index contributed by atoms with van der Waals surface area (Å²) in [5, 5.41) is 0. The molecule has 0 spiro atoms. The minimum atomic E-state index is 0.646. The van der Waals surface area contributed by atoms with Crippen molar-refractivity contribution in [2.24, 2.45) is 0 Å². The van der Waals surface area contributed by atoms with Gasteiger partial charge in [0, 0.05) is 37.9 Å². The van der Waals surface area contributed by atoms with Gasteiger partial charge in [-0.3, -0.25) is 4.90 Å². The summed E-state index contributed by atoms with van der Waals surface area (Å²) in [5.74, 6) is 1.49. The Kier molecular flexibility index (Phi) is 3.32. The fraction of sp³-hybridized carbons (Fsp3) is 0.692. The van der Waals surface area contributed by atoms with Crippen molar-refractivity contribution in [2.75, 3.05) is 37.7 Å². The average molecular weight is 248 g/mol. The molecule has 1 aromatic rings. The molecule has 5 heteroatoms. The van der Waals surface area contributed by atoms with Gasteiger partial charge in [0.1, 0.15) is 0 Å². The summed E-state index contributed by atoms with van der Waals surface area (Å²) in [5.41, 5.74) is 0. The number of rotatable bonds is 3. The molecule has 3 heterocycles. The van der Waals surface area contributed by atoms with Crippen LogP contribution in [0.25, 0.3) is 0 Å². The Morgan fingerprint density at radius 1 is 1.39 bits per heavy atom. The molecule has 2 fully saturated rings. The van der Waals surface area contributed by atoms with E-state index >= 15 is 0 Å². The fourth-order valence-corrected chi connectivity index (χ4v) is 2.89. The van der Waals surface area contributed by atoms with Gasteiger partial charge in [0.05, 0.1) is 6.61 Å². The van der Waals surface area contributed by atoms with Crippen molar-refractivity contribution in [2.45, 2.75) is 25.8 Å². The zero-order chi connectivity index (χ0) is 12.4. The fourth-order valence-electron chi connectivity index (χ4n) is 2.89. The van der Waals surface area contributed by atoms with Gasteiger partial charge in [0.2, 0.25) is 11.8 Å². The summed E-state index contributed by atoms with van der Waals surface area (Å²) in [4.78, 5) is 13.7. The average Bonchev–Trinajstić information content (AvgIpc) is 2.86. The van der Waals surface area contributed by atoms with Crippen LogP contribution in [-0.2, 0) is 0 Å². The van der Waals surface area contributed by atoms with E-state index in [1.807, 2.05) is 13.0 Å². The van der Waals surface area contributed by atoms with Crippen LogP contribution in [0.3, 0.4) is 0 Å². The molecule has 0 aliphatic carbocycles. The van der Waals surface area contributed by atoms with E-state index in [2.05, 4.69) is 19.8 Å². The lowest BCUT2D eigenvalue weighted by Crippen LogP contribution is -2.50. The van der Waals surface area contributed by atoms with E-state index in [1.165, 1.54) is 19.4 Å². The summed E-state index contributed by atoms with van der Waals surface area (Å²) >= 11 is 0. The van der Waals surface area contributed by atoms with Crippen LogP contribution in [0.1, 0.15) is 19.8 Å². The number of nitrogens with zero attached hydrogens (tertiary/aromatic N) is 4. The predicted molar refractivity (Wildman–Crippen MR) is 70.0 cm³/mol. The third kappa shape index (κ3) is 2.27. The second-order valence-corrected chi connectivity index (χ2v) is 4.91. The molecule has 0 bridgehead atoms. The molecule has 3 rings (SSSR count). The van der Waals surface area contributed by atoms with E-state index in [4.69, 9.17) is 4.74 Å². The first-order valence-electron chi connectivity index (χ1n) is 6.81. The summed E-state index contributed by atoms with van der Waals surface area (Å²) < 4.78 is 5.44. The first-order chi connectivity index (χ1) is 8.86. The molecule has 5 nitrogen and oxygen atoms in total. The Morgan fingerprint density at radius 3 is 3.22 bits per heavy atom. The Hall–Kier alpha value is -1.36. The molecule has 0 unspecified atom stereocenters. The highest BCUT2D eigenvalue weighted by atomic mass is 16.5. The number of ether oxygens (including phenoxy) is 1. The summed E-state index contributed by atoms with van der Waals surface area (Å²) in [6.07, 6.45) is 4.42. The Morgan fingerprint density at radius 2 is 2.33 bits per heavy atom. The van der Waals surface area contributed by atoms with E-state index in [0.717, 1.165) is 25.6 Å². The molecule has 18 heavy (non-hydrogen) atoms. The Bertz CT molecular complexity index is 412. The third-order valence-electron chi connectivity index (χ3n) is 3.78. The van der Waals surface area contributed by atoms with Crippen LogP contribution in [0.5, 0.6) is 5.88 Å². The SMILES string of the molecule is CCOc1ccnc(N2CCN3CCC[C@@H]3C2)n1. The van der Waals surface area contributed by atoms with Crippen LogP contribution < -0.4 is 9.64 Å². The zero-order valence-electron chi connectivity index (χ0n) is 10.9. The standard InChI is InChI=1S/C13H20N4O/c1-2-18-12-5-6-14-13(15-12)17-9-8-16-7-3-4-11(16)10-17/h5-6,11H,2-4,7-10H2,1H3/t11-/m1/s1. The van der Waals surface area contributed by atoms with Crippen molar-refractivity contribution in [3.63, 3.8) is 0 Å². The first kappa shape index (κ1) is 11.7. The number of piperazine rings is 1. The van der Waals surface area contributed by atoms with E-state index in [-0.39, 0.29) is 0 Å². The van der Waals surface area contributed by atoms with E-state index in [1.54, 1.807) is 6.20 Å². The van der Waals surface area contributed by atoms with Gasteiger partial charge >= 0.3 is 0 Å². The maximum absolute atomic E-state index is 5.44. The van der Waals surface area contributed by atoms with Gasteiger partial charge in [-0.1, -0.05) is 0 Å². The van der Waals surface area contributed by atoms with E-state index in [0.29, 0.717) is 18.5 Å². The van der Waals surface area contributed by atoms with E-state index in [9.17, 15) is 0 Å². The predicted octanol–water partition coefficient (Wildman–Crippen LogP) is 1.16. The Balaban J connectivity index is 1.72. The third-order valence-corrected chi connectivity index (χ3v) is 3.78. The molecule has 2 aliphatic heterocycles. The highest BCUT2D eigenvalue weighted by Crippen LogP contribution is 2.24. The van der Waals surface area contributed by atoms with Crippen molar-refractivity contribution in [3.05, 3.63) is 12.3 Å². The first-order valence-corrected chi connectivity index (χ1v) is 6.81. The maximum atomic E-state index is 5.44. The summed E-state index contributed by atoms with van der Waals surface area (Å²) in [6.45, 7) is 7.08. The highest BCUT2D eigenvalue weighted by Gasteiger charge is 2.31. The van der Waals surface area contributed by atoms with Crippen LogP contribution in [0.15, 0.2) is 12.3 Å². The van der Waals surface area contributed by atoms with Crippen molar-refractivity contribution >= 4 is 5.95 Å². The molecule has 2 aliphatic rings. The molecule has 1 atom stereocenters. The highest BCUT2D eigenvalue weighted by molar-refractivity contribution is 5.33. The van der Waals surface area contributed by atoms with Gasteiger partial charge in [-0.15, -0.1) is 0 Å². The van der Waals surface area contributed by atoms with Gasteiger partial charge in [0.15, 0.2) is 0 Å². The summed E-state index contributed by atoms with van der Waals surface area (Å²) in [7, 11) is 0. The topological polar surface area (TPSA) is 41.5 Å². The number of anilines is 1. The minimum absolute atomic E-state index is 0.646. The molecule has 98 valence electrons.